The Morgan fingerprint density at radius 1 is 1.21 bits per heavy atom. The van der Waals surface area contributed by atoms with Gasteiger partial charge in [-0.2, -0.15) is 0 Å². The van der Waals surface area contributed by atoms with Crippen LogP contribution in [0.5, 0.6) is 0 Å². The van der Waals surface area contributed by atoms with Gasteiger partial charge in [0, 0.05) is 32.2 Å². The average molecular weight is 329 g/mol. The second kappa shape index (κ2) is 7.63. The summed E-state index contributed by atoms with van der Waals surface area (Å²) in [7, 11) is 3.31. The predicted molar refractivity (Wildman–Crippen MR) is 91.8 cm³/mol. The van der Waals surface area contributed by atoms with Crippen molar-refractivity contribution >= 4 is 11.9 Å². The van der Waals surface area contributed by atoms with E-state index < -0.39 is 6.04 Å². The summed E-state index contributed by atoms with van der Waals surface area (Å²) in [4.78, 5) is 29.3. The lowest BCUT2D eigenvalue weighted by Crippen LogP contribution is -2.48. The Kier molecular flexibility index (Phi) is 5.57. The van der Waals surface area contributed by atoms with Crippen LogP contribution in [0.1, 0.15) is 25.5 Å². The van der Waals surface area contributed by atoms with Crippen LogP contribution in [-0.2, 0) is 4.79 Å². The van der Waals surface area contributed by atoms with Crippen LogP contribution >= 0.6 is 0 Å². The molecule has 0 saturated carbocycles. The number of hydrogen-bond donors (Lipinski definition) is 2. The number of imidazole rings is 1. The number of hydrogen-bond acceptors (Lipinski definition) is 3. The molecule has 2 atom stereocenters. The first-order valence-corrected chi connectivity index (χ1v) is 7.75. The van der Waals surface area contributed by atoms with Crippen LogP contribution < -0.4 is 10.6 Å². The number of benzene rings is 1. The van der Waals surface area contributed by atoms with Gasteiger partial charge in [-0.3, -0.25) is 4.79 Å². The Morgan fingerprint density at radius 2 is 1.96 bits per heavy atom. The Balaban J connectivity index is 1.99. The summed E-state index contributed by atoms with van der Waals surface area (Å²) in [5.74, 6) is -0.153. The first-order chi connectivity index (χ1) is 11.4. The summed E-state index contributed by atoms with van der Waals surface area (Å²) in [6.07, 6.45) is 5.29. The Hall–Kier alpha value is -2.83. The van der Waals surface area contributed by atoms with Crippen molar-refractivity contribution in [2.75, 3.05) is 14.1 Å². The van der Waals surface area contributed by atoms with Crippen molar-refractivity contribution in [2.45, 2.75) is 25.9 Å². The lowest BCUT2D eigenvalue weighted by atomic mass is 10.1. The number of nitrogens with zero attached hydrogens (tertiary/aromatic N) is 3. The average Bonchev–Trinajstić information content (AvgIpc) is 3.08. The molecule has 24 heavy (non-hydrogen) atoms. The van der Waals surface area contributed by atoms with Crippen LogP contribution in [0.15, 0.2) is 43.0 Å². The van der Waals surface area contributed by atoms with E-state index in [4.69, 9.17) is 0 Å². The molecule has 0 spiro atoms. The van der Waals surface area contributed by atoms with Crippen LogP contribution in [0.3, 0.4) is 0 Å². The molecule has 0 bridgehead atoms. The highest BCUT2D eigenvalue weighted by Gasteiger charge is 2.18. The minimum Gasteiger partial charge on any atom is -0.347 e. The molecule has 1 aromatic heterocycles. The van der Waals surface area contributed by atoms with Gasteiger partial charge in [-0.05, 0) is 31.5 Å². The predicted octanol–water partition coefficient (Wildman–Crippen LogP) is 1.71. The zero-order valence-corrected chi connectivity index (χ0v) is 14.4. The summed E-state index contributed by atoms with van der Waals surface area (Å²) in [5.41, 5.74) is 1.93. The summed E-state index contributed by atoms with van der Waals surface area (Å²) < 4.78 is 1.90. The number of urea groups is 1. The lowest BCUT2D eigenvalue weighted by Gasteiger charge is -2.20. The number of rotatable bonds is 5. The van der Waals surface area contributed by atoms with Gasteiger partial charge >= 0.3 is 6.03 Å². The SMILES string of the molecule is CC(NC(=O)NC(C)c1cccc(-n2ccnc2)c1)C(=O)N(C)C. The molecule has 0 aliphatic heterocycles. The maximum atomic E-state index is 12.1. The highest BCUT2D eigenvalue weighted by molar-refractivity contribution is 5.86. The molecule has 0 aliphatic carbocycles. The van der Waals surface area contributed by atoms with Crippen molar-refractivity contribution < 1.29 is 9.59 Å². The van der Waals surface area contributed by atoms with Crippen LogP contribution in [0.4, 0.5) is 4.79 Å². The molecule has 7 nitrogen and oxygen atoms in total. The fraction of sp³-hybridized carbons (Fsp3) is 0.353. The van der Waals surface area contributed by atoms with E-state index >= 15 is 0 Å². The fourth-order valence-electron chi connectivity index (χ4n) is 2.33. The zero-order chi connectivity index (χ0) is 17.7. The van der Waals surface area contributed by atoms with Gasteiger partial charge in [0.05, 0.1) is 12.4 Å². The van der Waals surface area contributed by atoms with Gasteiger partial charge in [0.2, 0.25) is 5.91 Å². The first-order valence-electron chi connectivity index (χ1n) is 7.75. The second-order valence-corrected chi connectivity index (χ2v) is 5.86. The van der Waals surface area contributed by atoms with Crippen LogP contribution in [0.25, 0.3) is 5.69 Å². The number of aromatic nitrogens is 2. The van der Waals surface area contributed by atoms with Crippen molar-refractivity contribution in [1.82, 2.24) is 25.1 Å². The van der Waals surface area contributed by atoms with Gasteiger partial charge in [-0.1, -0.05) is 12.1 Å². The third-order valence-corrected chi connectivity index (χ3v) is 3.68. The summed E-state index contributed by atoms with van der Waals surface area (Å²) in [5, 5.41) is 5.50. The van der Waals surface area contributed by atoms with E-state index in [2.05, 4.69) is 15.6 Å². The molecule has 0 saturated heterocycles. The topological polar surface area (TPSA) is 79.3 Å². The standard InChI is InChI=1S/C17H23N5O2/c1-12(19-17(24)20-13(2)16(23)21(3)4)14-6-5-7-15(10-14)22-9-8-18-11-22/h5-13H,1-4H3,(H2,19,20,24). The van der Waals surface area contributed by atoms with Crippen LogP contribution in [0.2, 0.25) is 0 Å². The fourth-order valence-corrected chi connectivity index (χ4v) is 2.33. The van der Waals surface area contributed by atoms with Crippen molar-refractivity contribution in [3.63, 3.8) is 0 Å². The van der Waals surface area contributed by atoms with Gasteiger partial charge in [0.1, 0.15) is 6.04 Å². The molecule has 2 N–H and O–H groups in total. The number of likely N-dealkylation sites (N-methyl/N-ethyl adjacent to an activating group) is 1. The number of amides is 3. The quantitative estimate of drug-likeness (QED) is 0.876. The molecule has 7 heteroatoms. The van der Waals surface area contributed by atoms with E-state index in [1.165, 1.54) is 4.90 Å². The lowest BCUT2D eigenvalue weighted by molar-refractivity contribution is -0.130. The molecule has 2 aromatic rings. The smallest absolute Gasteiger partial charge is 0.315 e. The molecular weight excluding hydrogens is 306 g/mol. The van der Waals surface area contributed by atoms with E-state index in [0.717, 1.165) is 11.3 Å². The third-order valence-electron chi connectivity index (χ3n) is 3.68. The minimum atomic E-state index is -0.579. The highest BCUT2D eigenvalue weighted by atomic mass is 16.2. The van der Waals surface area contributed by atoms with Crippen molar-refractivity contribution in [2.24, 2.45) is 0 Å². The number of nitrogens with one attached hydrogen (secondary N) is 2. The highest BCUT2D eigenvalue weighted by Crippen LogP contribution is 2.16. The molecular formula is C17H23N5O2. The largest absolute Gasteiger partial charge is 0.347 e. The molecule has 0 aliphatic rings. The Morgan fingerprint density at radius 3 is 2.58 bits per heavy atom. The maximum Gasteiger partial charge on any atom is 0.315 e. The molecule has 2 rings (SSSR count). The second-order valence-electron chi connectivity index (χ2n) is 5.86. The van der Waals surface area contributed by atoms with Gasteiger partial charge in [-0.15, -0.1) is 0 Å². The summed E-state index contributed by atoms with van der Waals surface area (Å²) >= 11 is 0. The molecule has 1 heterocycles. The van der Waals surface area contributed by atoms with E-state index in [0.29, 0.717) is 0 Å². The van der Waals surface area contributed by atoms with Crippen LogP contribution in [-0.4, -0.2) is 46.5 Å². The summed E-state index contributed by atoms with van der Waals surface area (Å²) in [6, 6.07) is 6.67. The van der Waals surface area contributed by atoms with Gasteiger partial charge in [-0.25, -0.2) is 9.78 Å². The molecule has 3 amide bonds. The Labute approximate surface area is 141 Å². The third kappa shape index (κ3) is 4.34. The maximum absolute atomic E-state index is 12.1. The molecule has 128 valence electrons. The molecule has 2 unspecified atom stereocenters. The van der Waals surface area contributed by atoms with Crippen LogP contribution in [0, 0.1) is 0 Å². The van der Waals surface area contributed by atoms with E-state index in [9.17, 15) is 9.59 Å². The molecule has 0 fully saturated rings. The molecule has 1 aromatic carbocycles. The Bertz CT molecular complexity index is 697. The zero-order valence-electron chi connectivity index (χ0n) is 14.4. The monoisotopic (exact) mass is 329 g/mol. The van der Waals surface area contributed by atoms with Crippen molar-refractivity contribution in [3.05, 3.63) is 48.5 Å². The van der Waals surface area contributed by atoms with Crippen molar-refractivity contribution in [3.8, 4) is 5.69 Å². The van der Waals surface area contributed by atoms with Gasteiger partial charge in [0.15, 0.2) is 0 Å². The summed E-state index contributed by atoms with van der Waals surface area (Å²) in [6.45, 7) is 3.55. The normalized spacial score (nSPS) is 13.0. The van der Waals surface area contributed by atoms with Gasteiger partial charge < -0.3 is 20.1 Å². The van der Waals surface area contributed by atoms with E-state index in [1.807, 2.05) is 42.0 Å². The van der Waals surface area contributed by atoms with E-state index in [-0.39, 0.29) is 18.0 Å². The van der Waals surface area contributed by atoms with E-state index in [1.54, 1.807) is 33.5 Å². The van der Waals surface area contributed by atoms with Gasteiger partial charge in [0.25, 0.3) is 0 Å². The minimum absolute atomic E-state index is 0.153. The molecule has 0 radical (unpaired) electrons. The number of carbonyl (C=O) groups is 2. The number of carbonyl (C=O) groups excluding carboxylic acids is 2. The van der Waals surface area contributed by atoms with Crippen molar-refractivity contribution in [1.29, 1.82) is 0 Å². The first kappa shape index (κ1) is 17.5.